The Labute approximate surface area is 147 Å². The minimum Gasteiger partial charge on any atom is -0.346 e. The highest BCUT2D eigenvalue weighted by Crippen LogP contribution is 2.37. The number of nitrogens with one attached hydrogen (secondary N) is 2. The Balaban J connectivity index is 1.41. The third-order valence-corrected chi connectivity index (χ3v) is 4.54. The van der Waals surface area contributed by atoms with E-state index in [0.29, 0.717) is 6.04 Å². The van der Waals surface area contributed by atoms with Crippen molar-refractivity contribution in [3.05, 3.63) is 42.2 Å². The summed E-state index contributed by atoms with van der Waals surface area (Å²) in [6.07, 6.45) is 5.85. The molecule has 9 heteroatoms. The Hall–Kier alpha value is -2.42. The Bertz CT molecular complexity index is 792. The van der Waals surface area contributed by atoms with E-state index in [9.17, 15) is 18.4 Å². The summed E-state index contributed by atoms with van der Waals surface area (Å²) in [6, 6.07) is 3.52. The van der Waals surface area contributed by atoms with Crippen LogP contribution in [0, 0.1) is 11.6 Å². The number of benzene rings is 1. The number of anilines is 1. The zero-order valence-corrected chi connectivity index (χ0v) is 14.0. The van der Waals surface area contributed by atoms with Crippen LogP contribution in [0.1, 0.15) is 18.9 Å². The van der Waals surface area contributed by atoms with Gasteiger partial charge in [0, 0.05) is 30.2 Å². The molecule has 1 heterocycles. The van der Waals surface area contributed by atoms with Crippen LogP contribution >= 0.6 is 11.8 Å². The average Bonchev–Trinajstić information content (AvgIpc) is 3.32. The monoisotopic (exact) mass is 366 g/mol. The molecule has 0 spiro atoms. The first-order chi connectivity index (χ1) is 12.0. The van der Waals surface area contributed by atoms with Gasteiger partial charge >= 0.3 is 0 Å². The van der Waals surface area contributed by atoms with E-state index in [1.54, 1.807) is 6.20 Å². The average molecular weight is 366 g/mol. The largest absolute Gasteiger partial charge is 0.346 e. The standard InChI is InChI=1S/C16H16F2N4O2S/c17-12-4-1-10(7-13(12)18)21-14(23)8-20-15(24)9-25-16-19-5-6-22(16)11-2-3-11/h1,4-7,11H,2-3,8-9H2,(H,20,24)(H,21,23). The van der Waals surface area contributed by atoms with Gasteiger partial charge in [-0.1, -0.05) is 11.8 Å². The molecular weight excluding hydrogens is 350 g/mol. The quantitative estimate of drug-likeness (QED) is 0.738. The first kappa shape index (κ1) is 17.4. The molecule has 0 atom stereocenters. The van der Waals surface area contributed by atoms with Crippen LogP contribution < -0.4 is 10.6 Å². The second-order valence-corrected chi connectivity index (χ2v) is 6.53. The molecule has 0 bridgehead atoms. The Morgan fingerprint density at radius 3 is 2.76 bits per heavy atom. The highest BCUT2D eigenvalue weighted by molar-refractivity contribution is 7.99. The van der Waals surface area contributed by atoms with Crippen LogP contribution in [-0.2, 0) is 9.59 Å². The predicted molar refractivity (Wildman–Crippen MR) is 89.2 cm³/mol. The number of carbonyl (C=O) groups is 2. The zero-order chi connectivity index (χ0) is 17.8. The first-order valence-electron chi connectivity index (χ1n) is 7.70. The molecule has 3 rings (SSSR count). The lowest BCUT2D eigenvalue weighted by Crippen LogP contribution is -2.34. The molecule has 1 fully saturated rings. The fourth-order valence-corrected chi connectivity index (χ4v) is 3.04. The molecule has 0 radical (unpaired) electrons. The maximum absolute atomic E-state index is 13.1. The summed E-state index contributed by atoms with van der Waals surface area (Å²) in [4.78, 5) is 27.8. The van der Waals surface area contributed by atoms with Gasteiger partial charge in [-0.15, -0.1) is 0 Å². The van der Waals surface area contributed by atoms with Gasteiger partial charge in [0.1, 0.15) is 0 Å². The van der Waals surface area contributed by atoms with Gasteiger partial charge in [0.05, 0.1) is 12.3 Å². The summed E-state index contributed by atoms with van der Waals surface area (Å²) in [5, 5.41) is 5.64. The summed E-state index contributed by atoms with van der Waals surface area (Å²) in [7, 11) is 0. The van der Waals surface area contributed by atoms with Crippen molar-refractivity contribution >= 4 is 29.3 Å². The Morgan fingerprint density at radius 1 is 1.24 bits per heavy atom. The molecule has 2 amide bonds. The molecule has 2 N–H and O–H groups in total. The van der Waals surface area contributed by atoms with E-state index >= 15 is 0 Å². The second-order valence-electron chi connectivity index (χ2n) is 5.59. The van der Waals surface area contributed by atoms with E-state index in [1.807, 2.05) is 10.8 Å². The van der Waals surface area contributed by atoms with Crippen molar-refractivity contribution in [2.75, 3.05) is 17.6 Å². The predicted octanol–water partition coefficient (Wildman–Crippen LogP) is 2.34. The van der Waals surface area contributed by atoms with Crippen molar-refractivity contribution in [2.45, 2.75) is 24.0 Å². The van der Waals surface area contributed by atoms with Gasteiger partial charge in [-0.25, -0.2) is 13.8 Å². The van der Waals surface area contributed by atoms with Gasteiger partial charge in [-0.2, -0.15) is 0 Å². The maximum Gasteiger partial charge on any atom is 0.243 e. The number of aromatic nitrogens is 2. The molecule has 25 heavy (non-hydrogen) atoms. The molecule has 132 valence electrons. The zero-order valence-electron chi connectivity index (χ0n) is 13.2. The smallest absolute Gasteiger partial charge is 0.243 e. The third kappa shape index (κ3) is 4.79. The fraction of sp³-hybridized carbons (Fsp3) is 0.312. The molecule has 0 aliphatic heterocycles. The molecule has 1 saturated carbocycles. The molecule has 1 aromatic carbocycles. The number of hydrogen-bond acceptors (Lipinski definition) is 4. The first-order valence-corrected chi connectivity index (χ1v) is 8.68. The molecule has 2 aromatic rings. The Morgan fingerprint density at radius 2 is 2.04 bits per heavy atom. The lowest BCUT2D eigenvalue weighted by molar-refractivity contribution is -0.122. The van der Waals surface area contributed by atoms with Gasteiger partial charge in [0.2, 0.25) is 11.8 Å². The molecule has 6 nitrogen and oxygen atoms in total. The van der Waals surface area contributed by atoms with Crippen molar-refractivity contribution < 1.29 is 18.4 Å². The number of imidazole rings is 1. The van der Waals surface area contributed by atoms with E-state index in [4.69, 9.17) is 0 Å². The van der Waals surface area contributed by atoms with Crippen LogP contribution in [0.15, 0.2) is 35.7 Å². The van der Waals surface area contributed by atoms with Crippen molar-refractivity contribution in [3.8, 4) is 0 Å². The minimum absolute atomic E-state index is 0.124. The SMILES string of the molecule is O=C(CSc1nccn1C1CC1)NCC(=O)Nc1ccc(F)c(F)c1. The normalized spacial score (nSPS) is 13.5. The van der Waals surface area contributed by atoms with E-state index in [2.05, 4.69) is 15.6 Å². The van der Waals surface area contributed by atoms with E-state index < -0.39 is 17.5 Å². The summed E-state index contributed by atoms with van der Waals surface area (Å²) in [5.74, 6) is -2.74. The van der Waals surface area contributed by atoms with Gasteiger partial charge in [-0.05, 0) is 25.0 Å². The lowest BCUT2D eigenvalue weighted by Gasteiger charge is -2.08. The summed E-state index contributed by atoms with van der Waals surface area (Å²) in [5.41, 5.74) is 0.124. The molecule has 1 aromatic heterocycles. The minimum atomic E-state index is -1.05. The van der Waals surface area contributed by atoms with Crippen molar-refractivity contribution in [1.29, 1.82) is 0 Å². The summed E-state index contributed by atoms with van der Waals surface area (Å²) in [6.45, 7) is -0.255. The van der Waals surface area contributed by atoms with Crippen LogP contribution in [0.3, 0.4) is 0 Å². The van der Waals surface area contributed by atoms with Crippen molar-refractivity contribution in [1.82, 2.24) is 14.9 Å². The van der Waals surface area contributed by atoms with Gasteiger partial charge in [0.25, 0.3) is 0 Å². The topological polar surface area (TPSA) is 76.0 Å². The second kappa shape index (κ2) is 7.64. The number of nitrogens with zero attached hydrogens (tertiary/aromatic N) is 2. The van der Waals surface area contributed by atoms with Gasteiger partial charge < -0.3 is 15.2 Å². The molecule has 0 saturated heterocycles. The fourth-order valence-electron chi connectivity index (χ4n) is 2.18. The Kier molecular flexibility index (Phi) is 5.32. The number of carbonyl (C=O) groups excluding carboxylic acids is 2. The number of halogens is 2. The van der Waals surface area contributed by atoms with E-state index in [-0.39, 0.29) is 23.9 Å². The highest BCUT2D eigenvalue weighted by Gasteiger charge is 2.25. The highest BCUT2D eigenvalue weighted by atomic mass is 32.2. The lowest BCUT2D eigenvalue weighted by atomic mass is 10.3. The molecular formula is C16H16F2N4O2S. The number of hydrogen-bond donors (Lipinski definition) is 2. The van der Waals surface area contributed by atoms with Crippen molar-refractivity contribution in [3.63, 3.8) is 0 Å². The van der Waals surface area contributed by atoms with Gasteiger partial charge in [0.15, 0.2) is 16.8 Å². The maximum atomic E-state index is 13.1. The number of thioether (sulfide) groups is 1. The molecule has 0 unspecified atom stereocenters. The summed E-state index contributed by atoms with van der Waals surface area (Å²) >= 11 is 1.31. The van der Waals surface area contributed by atoms with Crippen LogP contribution in [0.4, 0.5) is 14.5 Å². The summed E-state index contributed by atoms with van der Waals surface area (Å²) < 4.78 is 27.9. The van der Waals surface area contributed by atoms with Gasteiger partial charge in [-0.3, -0.25) is 9.59 Å². The van der Waals surface area contributed by atoms with Crippen LogP contribution in [0.2, 0.25) is 0 Å². The van der Waals surface area contributed by atoms with Crippen LogP contribution in [0.5, 0.6) is 0 Å². The number of rotatable bonds is 7. The van der Waals surface area contributed by atoms with Crippen molar-refractivity contribution in [2.24, 2.45) is 0 Å². The number of amides is 2. The third-order valence-electron chi connectivity index (χ3n) is 3.56. The van der Waals surface area contributed by atoms with Crippen LogP contribution in [-0.4, -0.2) is 33.7 Å². The van der Waals surface area contributed by atoms with Crippen LogP contribution in [0.25, 0.3) is 0 Å². The van der Waals surface area contributed by atoms with E-state index in [0.717, 1.165) is 30.1 Å². The van der Waals surface area contributed by atoms with E-state index in [1.165, 1.54) is 17.8 Å². The molecule has 1 aliphatic carbocycles. The molecule has 1 aliphatic rings.